The Labute approximate surface area is 207 Å². The number of ether oxygens (including phenoxy) is 2. The minimum absolute atomic E-state index is 0.274. The van der Waals surface area contributed by atoms with Crippen LogP contribution in [0.4, 0.5) is 5.69 Å². The summed E-state index contributed by atoms with van der Waals surface area (Å²) < 4.78 is 11.5. The number of benzene rings is 3. The van der Waals surface area contributed by atoms with Crippen molar-refractivity contribution in [2.45, 2.75) is 20.5 Å². The number of hydrazone groups is 1. The first-order valence-electron chi connectivity index (χ1n) is 10.4. The van der Waals surface area contributed by atoms with Gasteiger partial charge >= 0.3 is 11.8 Å². The van der Waals surface area contributed by atoms with Crippen molar-refractivity contribution in [2.24, 2.45) is 5.10 Å². The first-order valence-corrected chi connectivity index (χ1v) is 11.2. The molecule has 3 aromatic carbocycles. The van der Waals surface area contributed by atoms with Crippen molar-refractivity contribution in [1.82, 2.24) is 5.43 Å². The van der Waals surface area contributed by atoms with Gasteiger partial charge in [-0.2, -0.15) is 5.10 Å². The van der Waals surface area contributed by atoms with Gasteiger partial charge in [0.15, 0.2) is 11.5 Å². The molecular weight excluding hydrogens is 477 g/mol. The first-order chi connectivity index (χ1) is 16.4. The quantitative estimate of drug-likeness (QED) is 0.247. The molecule has 0 aliphatic rings. The Morgan fingerprint density at radius 1 is 0.971 bits per heavy atom. The van der Waals surface area contributed by atoms with E-state index >= 15 is 0 Å². The Morgan fingerprint density at radius 2 is 1.68 bits per heavy atom. The zero-order chi connectivity index (χ0) is 24.5. The third-order valence-corrected chi connectivity index (χ3v) is 5.06. The number of carbonyl (C=O) groups is 2. The summed E-state index contributed by atoms with van der Waals surface area (Å²) in [4.78, 5) is 24.0. The van der Waals surface area contributed by atoms with Gasteiger partial charge in [0.1, 0.15) is 6.61 Å². The molecule has 3 rings (SSSR count). The van der Waals surface area contributed by atoms with Gasteiger partial charge in [-0.3, -0.25) is 9.59 Å². The zero-order valence-electron chi connectivity index (χ0n) is 18.6. The lowest BCUT2D eigenvalue weighted by Crippen LogP contribution is -2.32. The summed E-state index contributed by atoms with van der Waals surface area (Å²) in [5.41, 5.74) is 5.21. The Balaban J connectivity index is 1.64. The molecule has 0 saturated heterocycles. The maximum absolute atomic E-state index is 12.0. The van der Waals surface area contributed by atoms with E-state index in [0.29, 0.717) is 39.4 Å². The Bertz CT molecular complexity index is 1180. The number of rotatable bonds is 8. The second-order valence-corrected chi connectivity index (χ2v) is 8.04. The molecule has 9 heteroatoms. The van der Waals surface area contributed by atoms with Crippen LogP contribution in [0, 0.1) is 6.92 Å². The van der Waals surface area contributed by atoms with Gasteiger partial charge in [-0.05, 0) is 61.4 Å². The van der Waals surface area contributed by atoms with E-state index < -0.39 is 11.8 Å². The van der Waals surface area contributed by atoms with Crippen molar-refractivity contribution >= 4 is 46.9 Å². The third kappa shape index (κ3) is 7.23. The number of halogens is 2. The van der Waals surface area contributed by atoms with Gasteiger partial charge in [-0.1, -0.05) is 53.0 Å². The van der Waals surface area contributed by atoms with Crippen LogP contribution in [0.3, 0.4) is 0 Å². The number of carbonyl (C=O) groups excluding carboxylic acids is 2. The van der Waals surface area contributed by atoms with Gasteiger partial charge in [-0.15, -0.1) is 0 Å². The van der Waals surface area contributed by atoms with Crippen molar-refractivity contribution in [1.29, 1.82) is 0 Å². The number of hydrogen-bond donors (Lipinski definition) is 2. The number of aryl methyl sites for hydroxylation is 1. The fraction of sp³-hybridized carbons (Fsp3) is 0.160. The van der Waals surface area contributed by atoms with E-state index in [1.807, 2.05) is 38.1 Å². The second kappa shape index (κ2) is 12.1. The van der Waals surface area contributed by atoms with Crippen LogP contribution in [0.1, 0.15) is 23.6 Å². The molecule has 0 saturated carbocycles. The van der Waals surface area contributed by atoms with E-state index in [1.54, 1.807) is 36.4 Å². The summed E-state index contributed by atoms with van der Waals surface area (Å²) in [5, 5.41) is 7.29. The van der Waals surface area contributed by atoms with Crippen LogP contribution in [0.2, 0.25) is 10.0 Å². The van der Waals surface area contributed by atoms with Crippen molar-refractivity contribution in [3.63, 3.8) is 0 Å². The van der Waals surface area contributed by atoms with E-state index in [0.717, 1.165) is 11.1 Å². The summed E-state index contributed by atoms with van der Waals surface area (Å²) in [6.45, 7) is 4.43. The number of nitrogens with zero attached hydrogens (tertiary/aromatic N) is 1. The molecule has 176 valence electrons. The monoisotopic (exact) mass is 499 g/mol. The van der Waals surface area contributed by atoms with E-state index in [1.165, 1.54) is 6.21 Å². The Hall–Kier alpha value is -3.55. The molecule has 7 nitrogen and oxygen atoms in total. The first kappa shape index (κ1) is 25.1. The van der Waals surface area contributed by atoms with Crippen LogP contribution < -0.4 is 20.2 Å². The molecule has 0 atom stereocenters. The molecular formula is C25H23Cl2N3O4. The molecule has 34 heavy (non-hydrogen) atoms. The van der Waals surface area contributed by atoms with Gasteiger partial charge in [-0.25, -0.2) is 5.43 Å². The van der Waals surface area contributed by atoms with Crippen LogP contribution >= 0.6 is 23.2 Å². The highest BCUT2D eigenvalue weighted by molar-refractivity contribution is 6.39. The van der Waals surface area contributed by atoms with Gasteiger partial charge in [0.05, 0.1) is 17.8 Å². The van der Waals surface area contributed by atoms with Crippen LogP contribution in [0.5, 0.6) is 11.5 Å². The van der Waals surface area contributed by atoms with E-state index in [9.17, 15) is 9.59 Å². The molecule has 3 aromatic rings. The minimum Gasteiger partial charge on any atom is -0.490 e. The van der Waals surface area contributed by atoms with Gasteiger partial charge in [0, 0.05) is 10.7 Å². The average Bonchev–Trinajstić information content (AvgIpc) is 2.81. The standard InChI is InChI=1S/C25H23Cl2N3O4/c1-3-33-22-13-18(12-21(27)23(22)34-15-17-6-8-19(26)9-7-17)14-28-30-25(32)24(31)29-20-10-4-16(2)5-11-20/h4-14H,3,15H2,1-2H3,(H,29,31)(H,30,32)/b28-14-. The predicted molar refractivity (Wildman–Crippen MR) is 134 cm³/mol. The lowest BCUT2D eigenvalue weighted by atomic mass is 10.2. The maximum Gasteiger partial charge on any atom is 0.329 e. The second-order valence-electron chi connectivity index (χ2n) is 7.20. The molecule has 0 unspecified atom stereocenters. The maximum atomic E-state index is 12.0. The average molecular weight is 500 g/mol. The third-order valence-electron chi connectivity index (χ3n) is 4.52. The predicted octanol–water partition coefficient (Wildman–Crippen LogP) is 5.37. The fourth-order valence-corrected chi connectivity index (χ4v) is 3.24. The van der Waals surface area contributed by atoms with Crippen LogP contribution in [0.15, 0.2) is 65.8 Å². The Morgan fingerprint density at radius 3 is 2.35 bits per heavy atom. The van der Waals surface area contributed by atoms with Crippen molar-refractivity contribution in [2.75, 3.05) is 11.9 Å². The fourth-order valence-electron chi connectivity index (χ4n) is 2.84. The number of anilines is 1. The normalized spacial score (nSPS) is 10.7. The molecule has 2 N–H and O–H groups in total. The largest absolute Gasteiger partial charge is 0.490 e. The highest BCUT2D eigenvalue weighted by Crippen LogP contribution is 2.37. The SMILES string of the molecule is CCOc1cc(/C=N\NC(=O)C(=O)Nc2ccc(C)cc2)cc(Cl)c1OCc1ccc(Cl)cc1. The van der Waals surface area contributed by atoms with Crippen molar-refractivity contribution in [3.8, 4) is 11.5 Å². The highest BCUT2D eigenvalue weighted by atomic mass is 35.5. The van der Waals surface area contributed by atoms with E-state index in [4.69, 9.17) is 32.7 Å². The van der Waals surface area contributed by atoms with E-state index in [2.05, 4.69) is 15.8 Å². The smallest absolute Gasteiger partial charge is 0.329 e. The van der Waals surface area contributed by atoms with Gasteiger partial charge in [0.2, 0.25) is 0 Å². The molecule has 0 bridgehead atoms. The molecule has 0 radical (unpaired) electrons. The summed E-state index contributed by atoms with van der Waals surface area (Å²) >= 11 is 12.3. The Kier molecular flexibility index (Phi) is 8.90. The lowest BCUT2D eigenvalue weighted by molar-refractivity contribution is -0.136. The van der Waals surface area contributed by atoms with Crippen molar-refractivity contribution < 1.29 is 19.1 Å². The van der Waals surface area contributed by atoms with Crippen LogP contribution in [-0.4, -0.2) is 24.6 Å². The molecule has 0 aliphatic carbocycles. The number of amides is 2. The van der Waals surface area contributed by atoms with Gasteiger partial charge < -0.3 is 14.8 Å². The highest BCUT2D eigenvalue weighted by Gasteiger charge is 2.14. The van der Waals surface area contributed by atoms with E-state index in [-0.39, 0.29) is 6.61 Å². The number of hydrogen-bond acceptors (Lipinski definition) is 5. The summed E-state index contributed by atoms with van der Waals surface area (Å²) in [6.07, 6.45) is 1.36. The summed E-state index contributed by atoms with van der Waals surface area (Å²) in [6, 6.07) is 17.6. The minimum atomic E-state index is -0.907. The molecule has 2 amide bonds. The molecule has 0 fully saturated rings. The molecule has 0 aliphatic heterocycles. The number of nitrogens with one attached hydrogen (secondary N) is 2. The molecule has 0 heterocycles. The molecule has 0 aromatic heterocycles. The lowest BCUT2D eigenvalue weighted by Gasteiger charge is -2.14. The zero-order valence-corrected chi connectivity index (χ0v) is 20.1. The van der Waals surface area contributed by atoms with Crippen molar-refractivity contribution in [3.05, 3.63) is 87.4 Å². The van der Waals surface area contributed by atoms with Gasteiger partial charge in [0.25, 0.3) is 0 Å². The topological polar surface area (TPSA) is 89.0 Å². The van der Waals surface area contributed by atoms with Crippen LogP contribution in [-0.2, 0) is 16.2 Å². The van der Waals surface area contributed by atoms with Crippen LogP contribution in [0.25, 0.3) is 0 Å². The molecule has 0 spiro atoms. The summed E-state index contributed by atoms with van der Waals surface area (Å²) in [5.74, 6) is -0.929. The summed E-state index contributed by atoms with van der Waals surface area (Å²) in [7, 11) is 0.